The quantitative estimate of drug-likeness (QED) is 0.536. The molecule has 4 heterocycles. The average molecular weight is 420 g/mol. The Balaban J connectivity index is 1.73. The number of halogens is 2. The van der Waals surface area contributed by atoms with E-state index >= 15 is 0 Å². The second-order valence-electron chi connectivity index (χ2n) is 7.64. The van der Waals surface area contributed by atoms with Gasteiger partial charge in [0.2, 0.25) is 0 Å². The maximum atomic E-state index is 13.4. The number of nitrogens with zero attached hydrogens (tertiary/aromatic N) is 5. The van der Waals surface area contributed by atoms with Gasteiger partial charge in [-0.05, 0) is 31.2 Å². The fourth-order valence-corrected chi connectivity index (χ4v) is 4.01. The highest BCUT2D eigenvalue weighted by atomic mass is 19.3. The van der Waals surface area contributed by atoms with Gasteiger partial charge in [-0.2, -0.15) is 0 Å². The van der Waals surface area contributed by atoms with Crippen molar-refractivity contribution in [2.24, 2.45) is 0 Å². The molecule has 1 aliphatic heterocycles. The SMILES string of the molecule is C[C@@H]1CNCCN1c1ccc2nc(-c3ccccc3)n(-c3ccnc(C(F)F)c3)c2n1. The molecule has 4 aromatic rings. The van der Waals surface area contributed by atoms with Crippen LogP contribution in [0.15, 0.2) is 60.8 Å². The molecule has 5 rings (SSSR count). The fraction of sp³-hybridized carbons (Fsp3) is 0.261. The Bertz CT molecular complexity index is 1210. The zero-order valence-electron chi connectivity index (χ0n) is 17.0. The van der Waals surface area contributed by atoms with Crippen molar-refractivity contribution in [3.63, 3.8) is 0 Å². The minimum Gasteiger partial charge on any atom is -0.351 e. The first-order chi connectivity index (χ1) is 15.1. The number of nitrogens with one attached hydrogen (secondary N) is 1. The number of fused-ring (bicyclic) bond motifs is 1. The molecule has 8 heteroatoms. The minimum atomic E-state index is -2.65. The van der Waals surface area contributed by atoms with Crippen LogP contribution in [0.3, 0.4) is 0 Å². The van der Waals surface area contributed by atoms with E-state index in [-0.39, 0.29) is 5.69 Å². The van der Waals surface area contributed by atoms with Gasteiger partial charge >= 0.3 is 0 Å². The van der Waals surface area contributed by atoms with Gasteiger partial charge in [-0.1, -0.05) is 30.3 Å². The van der Waals surface area contributed by atoms with E-state index < -0.39 is 6.43 Å². The molecule has 0 radical (unpaired) electrons. The Hall–Kier alpha value is -3.39. The second-order valence-corrected chi connectivity index (χ2v) is 7.64. The molecule has 0 amide bonds. The van der Waals surface area contributed by atoms with Crippen molar-refractivity contribution in [1.29, 1.82) is 0 Å². The number of alkyl halides is 2. The predicted octanol–water partition coefficient (Wildman–Crippen LogP) is 4.22. The van der Waals surface area contributed by atoms with E-state index in [4.69, 9.17) is 9.97 Å². The number of benzene rings is 1. The summed E-state index contributed by atoms with van der Waals surface area (Å²) < 4.78 is 28.6. The van der Waals surface area contributed by atoms with Crippen molar-refractivity contribution in [2.75, 3.05) is 24.5 Å². The Kier molecular flexibility index (Phi) is 5.07. The van der Waals surface area contributed by atoms with Gasteiger partial charge in [0, 0.05) is 37.4 Å². The highest BCUT2D eigenvalue weighted by molar-refractivity contribution is 5.81. The van der Waals surface area contributed by atoms with Gasteiger partial charge in [-0.3, -0.25) is 9.55 Å². The standard InChI is InChI=1S/C23H22F2N6/c1-15-14-26-11-12-30(15)20-8-7-18-23(29-20)31(17-9-10-27-19(13-17)21(24)25)22(28-18)16-5-3-2-4-6-16/h2-10,13,15,21,26H,11-12,14H2,1H3/t15-/m1/s1. The Labute approximate surface area is 178 Å². The number of hydrogen-bond donors (Lipinski definition) is 1. The number of pyridine rings is 2. The summed E-state index contributed by atoms with van der Waals surface area (Å²) in [6, 6.07) is 17.0. The lowest BCUT2D eigenvalue weighted by Gasteiger charge is -2.34. The molecular formula is C23H22F2N6. The lowest BCUT2D eigenvalue weighted by atomic mass is 10.2. The van der Waals surface area contributed by atoms with Crippen LogP contribution in [-0.4, -0.2) is 45.2 Å². The van der Waals surface area contributed by atoms with E-state index in [1.807, 2.05) is 47.0 Å². The maximum Gasteiger partial charge on any atom is 0.280 e. The molecule has 31 heavy (non-hydrogen) atoms. The molecule has 0 saturated carbocycles. The number of anilines is 1. The molecule has 1 saturated heterocycles. The van der Waals surface area contributed by atoms with Crippen LogP contribution in [0.2, 0.25) is 0 Å². The number of piperazine rings is 1. The molecule has 1 N–H and O–H groups in total. The molecule has 3 aromatic heterocycles. The second kappa shape index (κ2) is 8.03. The molecule has 0 unspecified atom stereocenters. The van der Waals surface area contributed by atoms with E-state index in [0.717, 1.165) is 31.0 Å². The molecule has 0 spiro atoms. The van der Waals surface area contributed by atoms with E-state index in [1.165, 1.54) is 12.3 Å². The van der Waals surface area contributed by atoms with Crippen LogP contribution < -0.4 is 10.2 Å². The van der Waals surface area contributed by atoms with E-state index in [0.29, 0.717) is 28.7 Å². The predicted molar refractivity (Wildman–Crippen MR) is 117 cm³/mol. The van der Waals surface area contributed by atoms with Gasteiger partial charge in [-0.25, -0.2) is 18.7 Å². The maximum absolute atomic E-state index is 13.4. The Morgan fingerprint density at radius 2 is 1.90 bits per heavy atom. The lowest BCUT2D eigenvalue weighted by Crippen LogP contribution is -2.50. The summed E-state index contributed by atoms with van der Waals surface area (Å²) >= 11 is 0. The third kappa shape index (κ3) is 3.63. The summed E-state index contributed by atoms with van der Waals surface area (Å²) in [5.41, 5.74) is 2.51. The normalized spacial score (nSPS) is 16.9. The largest absolute Gasteiger partial charge is 0.351 e. The third-order valence-electron chi connectivity index (χ3n) is 5.56. The number of aromatic nitrogens is 4. The first-order valence-electron chi connectivity index (χ1n) is 10.3. The van der Waals surface area contributed by atoms with Crippen molar-refractivity contribution >= 4 is 17.0 Å². The van der Waals surface area contributed by atoms with Crippen molar-refractivity contribution in [2.45, 2.75) is 19.4 Å². The van der Waals surface area contributed by atoms with E-state index in [1.54, 1.807) is 6.07 Å². The molecule has 1 aliphatic rings. The van der Waals surface area contributed by atoms with Gasteiger partial charge in [0.1, 0.15) is 22.9 Å². The topological polar surface area (TPSA) is 58.9 Å². The zero-order chi connectivity index (χ0) is 21.4. The lowest BCUT2D eigenvalue weighted by molar-refractivity contribution is 0.146. The molecular weight excluding hydrogens is 398 g/mol. The number of hydrogen-bond acceptors (Lipinski definition) is 5. The summed E-state index contributed by atoms with van der Waals surface area (Å²) in [6.07, 6.45) is -1.25. The smallest absolute Gasteiger partial charge is 0.280 e. The number of rotatable bonds is 4. The molecule has 158 valence electrons. The van der Waals surface area contributed by atoms with Crippen LogP contribution in [-0.2, 0) is 0 Å². The van der Waals surface area contributed by atoms with Crippen LogP contribution in [0, 0.1) is 0 Å². The molecule has 1 atom stereocenters. The molecule has 6 nitrogen and oxygen atoms in total. The molecule has 0 bridgehead atoms. The van der Waals surface area contributed by atoms with E-state index in [9.17, 15) is 8.78 Å². The summed E-state index contributed by atoms with van der Waals surface area (Å²) in [7, 11) is 0. The Morgan fingerprint density at radius 3 is 2.68 bits per heavy atom. The van der Waals surface area contributed by atoms with Crippen molar-refractivity contribution in [1.82, 2.24) is 24.8 Å². The zero-order valence-corrected chi connectivity index (χ0v) is 17.0. The molecule has 1 fully saturated rings. The fourth-order valence-electron chi connectivity index (χ4n) is 4.01. The third-order valence-corrected chi connectivity index (χ3v) is 5.56. The first-order valence-corrected chi connectivity index (χ1v) is 10.3. The van der Waals surface area contributed by atoms with E-state index in [2.05, 4.69) is 22.1 Å². The molecule has 1 aromatic carbocycles. The summed E-state index contributed by atoms with van der Waals surface area (Å²) in [5, 5.41) is 3.39. The van der Waals surface area contributed by atoms with Gasteiger partial charge < -0.3 is 10.2 Å². The van der Waals surface area contributed by atoms with Crippen LogP contribution in [0.1, 0.15) is 19.0 Å². The van der Waals surface area contributed by atoms with Crippen LogP contribution in [0.25, 0.3) is 28.2 Å². The van der Waals surface area contributed by atoms with Gasteiger partial charge in [0.15, 0.2) is 5.65 Å². The van der Waals surface area contributed by atoms with Gasteiger partial charge in [0.05, 0.1) is 5.69 Å². The summed E-state index contributed by atoms with van der Waals surface area (Å²) in [6.45, 7) is 4.78. The average Bonchev–Trinajstić information content (AvgIpc) is 3.19. The monoisotopic (exact) mass is 420 g/mol. The van der Waals surface area contributed by atoms with Crippen LogP contribution in [0.4, 0.5) is 14.6 Å². The highest BCUT2D eigenvalue weighted by Gasteiger charge is 2.22. The molecule has 0 aliphatic carbocycles. The Morgan fingerprint density at radius 1 is 1.06 bits per heavy atom. The highest BCUT2D eigenvalue weighted by Crippen LogP contribution is 2.30. The van der Waals surface area contributed by atoms with Crippen LogP contribution in [0.5, 0.6) is 0 Å². The van der Waals surface area contributed by atoms with Crippen molar-refractivity contribution in [3.8, 4) is 17.1 Å². The first kappa shape index (κ1) is 19.6. The summed E-state index contributed by atoms with van der Waals surface area (Å²) in [4.78, 5) is 15.8. The van der Waals surface area contributed by atoms with Gasteiger partial charge in [0.25, 0.3) is 6.43 Å². The van der Waals surface area contributed by atoms with Crippen molar-refractivity contribution in [3.05, 3.63) is 66.5 Å². The van der Waals surface area contributed by atoms with Crippen LogP contribution >= 0.6 is 0 Å². The summed E-state index contributed by atoms with van der Waals surface area (Å²) in [5.74, 6) is 1.51. The number of imidazole rings is 1. The minimum absolute atomic E-state index is 0.273. The van der Waals surface area contributed by atoms with Crippen molar-refractivity contribution < 1.29 is 8.78 Å². The van der Waals surface area contributed by atoms with Gasteiger partial charge in [-0.15, -0.1) is 0 Å².